The standard InChI is InChI=1S/C17H25FN4O3/c1-5-21-7-6-14-13(15(21)23)10-22(20-14)9-12(8-18)11-25-16(24)19-17(2,3)4/h8,10H,5-7,9,11H2,1-4H3,(H,19,24). The maximum absolute atomic E-state index is 13.1. The maximum atomic E-state index is 13.1. The zero-order valence-electron chi connectivity index (χ0n) is 15.1. The molecule has 0 unspecified atom stereocenters. The number of nitrogens with zero attached hydrogens (tertiary/aromatic N) is 3. The van der Waals surface area contributed by atoms with Gasteiger partial charge in [0.2, 0.25) is 0 Å². The van der Waals surface area contributed by atoms with Gasteiger partial charge >= 0.3 is 6.09 Å². The van der Waals surface area contributed by atoms with Gasteiger partial charge in [0.15, 0.2) is 0 Å². The molecule has 8 heteroatoms. The average Bonchev–Trinajstić information content (AvgIpc) is 2.93. The minimum absolute atomic E-state index is 0.0541. The number of hydrogen-bond acceptors (Lipinski definition) is 4. The van der Waals surface area contributed by atoms with Crippen LogP contribution in [0.4, 0.5) is 9.18 Å². The Bertz CT molecular complexity index is 676. The summed E-state index contributed by atoms with van der Waals surface area (Å²) in [6, 6.07) is 0. The molecule has 0 atom stereocenters. The normalized spacial score (nSPS) is 15.2. The number of carbonyl (C=O) groups excluding carboxylic acids is 2. The van der Waals surface area contributed by atoms with Crippen LogP contribution >= 0.6 is 0 Å². The van der Waals surface area contributed by atoms with E-state index in [2.05, 4.69) is 10.4 Å². The van der Waals surface area contributed by atoms with E-state index in [0.29, 0.717) is 31.4 Å². The highest BCUT2D eigenvalue weighted by Crippen LogP contribution is 2.18. The molecule has 0 saturated carbocycles. The molecule has 1 aliphatic rings. The Labute approximate surface area is 146 Å². The van der Waals surface area contributed by atoms with Crippen LogP contribution in [0.15, 0.2) is 18.1 Å². The first kappa shape index (κ1) is 19.0. The zero-order valence-corrected chi connectivity index (χ0v) is 15.1. The molecule has 7 nitrogen and oxygen atoms in total. The third-order valence-electron chi connectivity index (χ3n) is 3.74. The summed E-state index contributed by atoms with van der Waals surface area (Å²) in [7, 11) is 0. The predicted octanol–water partition coefficient (Wildman–Crippen LogP) is 2.28. The zero-order chi connectivity index (χ0) is 18.6. The van der Waals surface area contributed by atoms with Gasteiger partial charge in [-0.1, -0.05) is 0 Å². The van der Waals surface area contributed by atoms with Gasteiger partial charge in [0.25, 0.3) is 5.91 Å². The maximum Gasteiger partial charge on any atom is 0.407 e. The molecule has 1 aromatic rings. The molecule has 2 heterocycles. The van der Waals surface area contributed by atoms with Crippen molar-refractivity contribution in [3.63, 3.8) is 0 Å². The summed E-state index contributed by atoms with van der Waals surface area (Å²) in [6.07, 6.45) is 2.10. The Kier molecular flexibility index (Phi) is 5.81. The van der Waals surface area contributed by atoms with Crippen LogP contribution in [0.3, 0.4) is 0 Å². The van der Waals surface area contributed by atoms with Crippen LogP contribution < -0.4 is 5.32 Å². The number of rotatable bonds is 5. The number of amides is 2. The van der Waals surface area contributed by atoms with Gasteiger partial charge in [-0.25, -0.2) is 9.18 Å². The van der Waals surface area contributed by atoms with E-state index in [-0.39, 0.29) is 24.6 Å². The number of carbonyl (C=O) groups is 2. The van der Waals surface area contributed by atoms with Crippen molar-refractivity contribution in [2.45, 2.75) is 46.2 Å². The lowest BCUT2D eigenvalue weighted by Crippen LogP contribution is -2.41. The summed E-state index contributed by atoms with van der Waals surface area (Å²) in [6.45, 7) is 8.62. The Morgan fingerprint density at radius 1 is 1.48 bits per heavy atom. The fourth-order valence-electron chi connectivity index (χ4n) is 2.54. The molecule has 0 bridgehead atoms. The van der Waals surface area contributed by atoms with E-state index in [1.54, 1.807) is 11.1 Å². The van der Waals surface area contributed by atoms with Crippen LogP contribution in [0.1, 0.15) is 43.7 Å². The average molecular weight is 352 g/mol. The lowest BCUT2D eigenvalue weighted by atomic mass is 10.1. The van der Waals surface area contributed by atoms with Crippen LogP contribution in [-0.4, -0.2) is 51.9 Å². The highest BCUT2D eigenvalue weighted by atomic mass is 19.1. The summed E-state index contributed by atoms with van der Waals surface area (Å²) in [5, 5.41) is 6.99. The number of alkyl carbamates (subject to hydrolysis) is 1. The molecule has 2 amide bonds. The molecule has 0 fully saturated rings. The first-order valence-electron chi connectivity index (χ1n) is 8.32. The SMILES string of the molecule is CCN1CCc2nn(CC(=CF)COC(=O)NC(C)(C)C)cc2C1=O. The van der Waals surface area contributed by atoms with Crippen LogP contribution in [0.25, 0.3) is 0 Å². The van der Waals surface area contributed by atoms with Crippen LogP contribution in [0, 0.1) is 0 Å². The third-order valence-corrected chi connectivity index (χ3v) is 3.74. The number of hydrogen-bond donors (Lipinski definition) is 1. The number of likely N-dealkylation sites (N-methyl/N-ethyl adjacent to an activating group) is 1. The smallest absolute Gasteiger partial charge is 0.407 e. The molecule has 0 aliphatic carbocycles. The van der Waals surface area contributed by atoms with Crippen molar-refractivity contribution >= 4 is 12.0 Å². The first-order valence-corrected chi connectivity index (χ1v) is 8.32. The van der Waals surface area contributed by atoms with Gasteiger partial charge in [0, 0.05) is 36.8 Å². The van der Waals surface area contributed by atoms with Crippen molar-refractivity contribution in [3.05, 3.63) is 29.4 Å². The van der Waals surface area contributed by atoms with Gasteiger partial charge in [-0.05, 0) is 27.7 Å². The van der Waals surface area contributed by atoms with Crippen molar-refractivity contribution in [2.75, 3.05) is 19.7 Å². The van der Waals surface area contributed by atoms with Crippen molar-refractivity contribution in [3.8, 4) is 0 Å². The monoisotopic (exact) mass is 352 g/mol. The molecular formula is C17H25FN4O3. The van der Waals surface area contributed by atoms with Gasteiger partial charge in [0.05, 0.1) is 24.1 Å². The number of ether oxygens (including phenoxy) is 1. The predicted molar refractivity (Wildman–Crippen MR) is 90.9 cm³/mol. The molecule has 138 valence electrons. The Balaban J connectivity index is 1.97. The molecule has 1 N–H and O–H groups in total. The van der Waals surface area contributed by atoms with Gasteiger partial charge in [-0.3, -0.25) is 9.48 Å². The summed E-state index contributed by atoms with van der Waals surface area (Å²) in [4.78, 5) is 25.7. The first-order chi connectivity index (χ1) is 11.7. The number of aromatic nitrogens is 2. The summed E-state index contributed by atoms with van der Waals surface area (Å²) >= 11 is 0. The van der Waals surface area contributed by atoms with Gasteiger partial charge in [-0.2, -0.15) is 5.10 Å². The molecular weight excluding hydrogens is 327 g/mol. The van der Waals surface area contributed by atoms with Crippen molar-refractivity contribution in [2.24, 2.45) is 0 Å². The van der Waals surface area contributed by atoms with Crippen molar-refractivity contribution in [1.82, 2.24) is 20.0 Å². The molecule has 0 radical (unpaired) electrons. The number of halogens is 1. The largest absolute Gasteiger partial charge is 0.445 e. The summed E-state index contributed by atoms with van der Waals surface area (Å²) in [5.41, 5.74) is 1.10. The Morgan fingerprint density at radius 2 is 2.20 bits per heavy atom. The molecule has 25 heavy (non-hydrogen) atoms. The topological polar surface area (TPSA) is 76.5 Å². The van der Waals surface area contributed by atoms with Gasteiger partial charge in [-0.15, -0.1) is 0 Å². The second kappa shape index (κ2) is 7.67. The van der Waals surface area contributed by atoms with E-state index in [1.807, 2.05) is 27.7 Å². The highest BCUT2D eigenvalue weighted by molar-refractivity contribution is 5.96. The van der Waals surface area contributed by atoms with E-state index < -0.39 is 11.6 Å². The van der Waals surface area contributed by atoms with Gasteiger partial charge in [0.1, 0.15) is 6.61 Å². The fourth-order valence-corrected chi connectivity index (χ4v) is 2.54. The van der Waals surface area contributed by atoms with E-state index in [4.69, 9.17) is 4.74 Å². The highest BCUT2D eigenvalue weighted by Gasteiger charge is 2.26. The van der Waals surface area contributed by atoms with Crippen molar-refractivity contribution in [1.29, 1.82) is 0 Å². The minimum atomic E-state index is -0.611. The third kappa shape index (κ3) is 5.04. The van der Waals surface area contributed by atoms with Crippen LogP contribution in [0.2, 0.25) is 0 Å². The van der Waals surface area contributed by atoms with Crippen LogP contribution in [0.5, 0.6) is 0 Å². The van der Waals surface area contributed by atoms with Crippen molar-refractivity contribution < 1.29 is 18.7 Å². The molecule has 1 aliphatic heterocycles. The molecule has 2 rings (SSSR count). The second-order valence-corrected chi connectivity index (χ2v) is 7.04. The molecule has 1 aromatic heterocycles. The molecule has 0 aromatic carbocycles. The quantitative estimate of drug-likeness (QED) is 0.882. The van der Waals surface area contributed by atoms with E-state index in [0.717, 1.165) is 5.69 Å². The molecule has 0 saturated heterocycles. The molecule has 0 spiro atoms. The Morgan fingerprint density at radius 3 is 2.80 bits per heavy atom. The number of fused-ring (bicyclic) bond motifs is 1. The van der Waals surface area contributed by atoms with Gasteiger partial charge < -0.3 is 15.0 Å². The lowest BCUT2D eigenvalue weighted by Gasteiger charge is -2.24. The number of nitrogens with one attached hydrogen (secondary N) is 1. The van der Waals surface area contributed by atoms with E-state index in [9.17, 15) is 14.0 Å². The van der Waals surface area contributed by atoms with E-state index >= 15 is 0 Å². The Hall–Kier alpha value is -2.38. The summed E-state index contributed by atoms with van der Waals surface area (Å²) < 4.78 is 19.7. The summed E-state index contributed by atoms with van der Waals surface area (Å²) in [5.74, 6) is -0.0541. The lowest BCUT2D eigenvalue weighted by molar-refractivity contribution is 0.0748. The van der Waals surface area contributed by atoms with Crippen LogP contribution in [-0.2, 0) is 17.7 Å². The minimum Gasteiger partial charge on any atom is -0.445 e. The van der Waals surface area contributed by atoms with E-state index in [1.165, 1.54) is 4.68 Å². The fraction of sp³-hybridized carbons (Fsp3) is 0.588. The second-order valence-electron chi connectivity index (χ2n) is 7.04.